The van der Waals surface area contributed by atoms with Gasteiger partial charge in [-0.1, -0.05) is 42.5 Å². The number of nitrogens with one attached hydrogen (secondary N) is 2. The highest BCUT2D eigenvalue weighted by Crippen LogP contribution is 2.20. The Morgan fingerprint density at radius 1 is 1.10 bits per heavy atom. The van der Waals surface area contributed by atoms with Gasteiger partial charge in [-0.15, -0.1) is 0 Å². The molecule has 7 nitrogen and oxygen atoms in total. The van der Waals surface area contributed by atoms with Gasteiger partial charge in [-0.3, -0.25) is 9.59 Å². The van der Waals surface area contributed by atoms with E-state index < -0.39 is 0 Å². The van der Waals surface area contributed by atoms with E-state index in [1.54, 1.807) is 24.4 Å². The third-order valence-electron chi connectivity index (χ3n) is 4.85. The minimum atomic E-state index is -0.332. The van der Waals surface area contributed by atoms with Crippen molar-refractivity contribution in [1.29, 1.82) is 0 Å². The zero-order valence-corrected chi connectivity index (χ0v) is 17.9. The molecule has 0 aliphatic rings. The lowest BCUT2D eigenvalue weighted by molar-refractivity contribution is -0.121. The molecule has 0 saturated carbocycles. The fourth-order valence-electron chi connectivity index (χ4n) is 3.31. The van der Waals surface area contributed by atoms with Gasteiger partial charge in [0, 0.05) is 32.4 Å². The zero-order chi connectivity index (χ0) is 22.1. The van der Waals surface area contributed by atoms with Crippen LogP contribution in [0.1, 0.15) is 47.6 Å². The highest BCUT2D eigenvalue weighted by molar-refractivity contribution is 5.96. The topological polar surface area (TPSA) is 85.2 Å². The van der Waals surface area contributed by atoms with Crippen LogP contribution < -0.4 is 15.4 Å². The Hall–Kier alpha value is -3.61. The van der Waals surface area contributed by atoms with Crippen molar-refractivity contribution < 1.29 is 14.3 Å². The maximum atomic E-state index is 12.6. The highest BCUT2D eigenvalue weighted by Gasteiger charge is 2.20. The Morgan fingerprint density at radius 2 is 1.84 bits per heavy atom. The first-order valence-electron chi connectivity index (χ1n) is 10.4. The molecule has 1 heterocycles. The molecule has 1 atom stereocenters. The van der Waals surface area contributed by atoms with Crippen LogP contribution in [0.15, 0.2) is 67.0 Å². The van der Waals surface area contributed by atoms with Crippen molar-refractivity contribution in [2.24, 2.45) is 7.05 Å². The SMILES string of the molecule is CCOc1ccccc1C(=O)NCCCC(=O)NC(c1ccccc1)c1nccn1C. The van der Waals surface area contributed by atoms with Gasteiger partial charge < -0.3 is 19.9 Å². The average Bonchev–Trinajstić information content (AvgIpc) is 3.21. The van der Waals surface area contributed by atoms with Gasteiger partial charge in [-0.05, 0) is 31.0 Å². The monoisotopic (exact) mass is 420 g/mol. The quantitative estimate of drug-likeness (QED) is 0.493. The van der Waals surface area contributed by atoms with E-state index in [-0.39, 0.29) is 17.9 Å². The molecule has 2 amide bonds. The largest absolute Gasteiger partial charge is 0.493 e. The molecule has 1 unspecified atom stereocenters. The van der Waals surface area contributed by atoms with Crippen molar-refractivity contribution in [3.05, 3.63) is 83.9 Å². The van der Waals surface area contributed by atoms with Crippen molar-refractivity contribution in [2.75, 3.05) is 13.2 Å². The Kier molecular flexibility index (Phi) is 7.81. The smallest absolute Gasteiger partial charge is 0.255 e. The van der Waals surface area contributed by atoms with Crippen LogP contribution in [0.25, 0.3) is 0 Å². The summed E-state index contributed by atoms with van der Waals surface area (Å²) >= 11 is 0. The first kappa shape index (κ1) is 22.1. The summed E-state index contributed by atoms with van der Waals surface area (Å²) in [6.07, 6.45) is 4.39. The minimum Gasteiger partial charge on any atom is -0.493 e. The number of carbonyl (C=O) groups excluding carboxylic acids is 2. The maximum absolute atomic E-state index is 12.6. The number of aromatic nitrogens is 2. The number of hydrogen-bond acceptors (Lipinski definition) is 4. The van der Waals surface area contributed by atoms with Crippen molar-refractivity contribution in [1.82, 2.24) is 20.2 Å². The van der Waals surface area contributed by atoms with Crippen molar-refractivity contribution in [3.8, 4) is 5.75 Å². The molecular formula is C24H28N4O3. The number of benzene rings is 2. The summed E-state index contributed by atoms with van der Waals surface area (Å²) in [5, 5.41) is 5.93. The predicted octanol–water partition coefficient (Wildman–Crippen LogP) is 3.23. The molecule has 0 spiro atoms. The first-order chi connectivity index (χ1) is 15.1. The van der Waals surface area contributed by atoms with Crippen LogP contribution in [0.5, 0.6) is 5.75 Å². The molecule has 0 saturated heterocycles. The molecule has 3 rings (SSSR count). The van der Waals surface area contributed by atoms with Crippen LogP contribution in [0.3, 0.4) is 0 Å². The number of nitrogens with zero attached hydrogens (tertiary/aromatic N) is 2. The van der Waals surface area contributed by atoms with Gasteiger partial charge in [0.25, 0.3) is 5.91 Å². The number of aryl methyl sites for hydroxylation is 1. The molecule has 3 aromatic rings. The molecule has 0 fully saturated rings. The van der Waals surface area contributed by atoms with E-state index in [1.807, 2.05) is 61.1 Å². The van der Waals surface area contributed by atoms with Gasteiger partial charge >= 0.3 is 0 Å². The Bertz CT molecular complexity index is 1000. The standard InChI is InChI=1S/C24H28N4O3/c1-3-31-20-13-8-7-12-19(20)24(30)26-15-9-14-21(29)27-22(18-10-5-4-6-11-18)23-25-16-17-28(23)2/h4-8,10-13,16-17,22H,3,9,14-15H2,1-2H3,(H,26,30)(H,27,29). The van der Waals surface area contributed by atoms with E-state index in [9.17, 15) is 9.59 Å². The fraction of sp³-hybridized carbons (Fsp3) is 0.292. The molecule has 162 valence electrons. The van der Waals surface area contributed by atoms with Crippen LogP contribution in [-0.2, 0) is 11.8 Å². The fourth-order valence-corrected chi connectivity index (χ4v) is 3.31. The summed E-state index contributed by atoms with van der Waals surface area (Å²) < 4.78 is 7.40. The lowest BCUT2D eigenvalue weighted by atomic mass is 10.1. The van der Waals surface area contributed by atoms with E-state index in [2.05, 4.69) is 15.6 Å². The minimum absolute atomic E-state index is 0.0965. The Morgan fingerprint density at radius 3 is 2.55 bits per heavy atom. The number of amides is 2. The molecule has 0 aliphatic heterocycles. The molecule has 31 heavy (non-hydrogen) atoms. The second-order valence-electron chi connectivity index (χ2n) is 7.10. The van der Waals surface area contributed by atoms with Gasteiger partial charge in [0.05, 0.1) is 12.2 Å². The summed E-state index contributed by atoms with van der Waals surface area (Å²) in [5.74, 6) is 1.02. The van der Waals surface area contributed by atoms with E-state index in [0.717, 1.165) is 11.4 Å². The summed E-state index contributed by atoms with van der Waals surface area (Å²) in [6, 6.07) is 16.5. The lowest BCUT2D eigenvalue weighted by Gasteiger charge is -2.19. The molecule has 0 aliphatic carbocycles. The number of para-hydroxylation sites is 1. The third kappa shape index (κ3) is 5.94. The van der Waals surface area contributed by atoms with Crippen molar-refractivity contribution >= 4 is 11.8 Å². The molecular weight excluding hydrogens is 392 g/mol. The van der Waals surface area contributed by atoms with Crippen LogP contribution >= 0.6 is 0 Å². The summed E-state index contributed by atoms with van der Waals surface area (Å²) in [6.45, 7) is 2.76. The van der Waals surface area contributed by atoms with Crippen LogP contribution in [0, 0.1) is 0 Å². The molecule has 1 aromatic heterocycles. The first-order valence-corrected chi connectivity index (χ1v) is 10.4. The van der Waals surface area contributed by atoms with E-state index in [4.69, 9.17) is 4.74 Å². The van der Waals surface area contributed by atoms with E-state index in [1.165, 1.54) is 0 Å². The average molecular weight is 421 g/mol. The molecule has 2 N–H and O–H groups in total. The van der Waals surface area contributed by atoms with Crippen molar-refractivity contribution in [3.63, 3.8) is 0 Å². The number of ether oxygens (including phenoxy) is 1. The number of imidazole rings is 1. The van der Waals surface area contributed by atoms with Gasteiger partial charge in [0.2, 0.25) is 5.91 Å². The Balaban J connectivity index is 1.53. The van der Waals surface area contributed by atoms with Gasteiger partial charge in [-0.2, -0.15) is 0 Å². The van der Waals surface area contributed by atoms with Crippen molar-refractivity contribution in [2.45, 2.75) is 25.8 Å². The molecule has 2 aromatic carbocycles. The third-order valence-corrected chi connectivity index (χ3v) is 4.85. The molecule has 7 heteroatoms. The van der Waals surface area contributed by atoms with Gasteiger partial charge in [0.15, 0.2) is 0 Å². The second kappa shape index (κ2) is 11.0. The summed E-state index contributed by atoms with van der Waals surface area (Å²) in [7, 11) is 1.90. The molecule has 0 radical (unpaired) electrons. The van der Waals surface area contributed by atoms with Crippen LogP contribution in [0.4, 0.5) is 0 Å². The highest BCUT2D eigenvalue weighted by atomic mass is 16.5. The zero-order valence-electron chi connectivity index (χ0n) is 17.9. The summed E-state index contributed by atoms with van der Waals surface area (Å²) in [4.78, 5) is 29.4. The number of rotatable bonds is 10. The number of hydrogen-bond donors (Lipinski definition) is 2. The number of carbonyl (C=O) groups is 2. The normalized spacial score (nSPS) is 11.5. The van der Waals surface area contributed by atoms with E-state index in [0.29, 0.717) is 37.3 Å². The van der Waals surface area contributed by atoms with E-state index >= 15 is 0 Å². The maximum Gasteiger partial charge on any atom is 0.255 e. The molecule has 0 bridgehead atoms. The van der Waals surface area contributed by atoms with Gasteiger partial charge in [-0.25, -0.2) is 4.98 Å². The predicted molar refractivity (Wildman–Crippen MR) is 119 cm³/mol. The van der Waals surface area contributed by atoms with Gasteiger partial charge in [0.1, 0.15) is 17.6 Å². The van der Waals surface area contributed by atoms with Crippen LogP contribution in [0.2, 0.25) is 0 Å². The lowest BCUT2D eigenvalue weighted by Crippen LogP contribution is -2.32. The summed E-state index contributed by atoms with van der Waals surface area (Å²) in [5.41, 5.74) is 1.46. The Labute approximate surface area is 182 Å². The van der Waals surface area contributed by atoms with Crippen LogP contribution in [-0.4, -0.2) is 34.5 Å². The second-order valence-corrected chi connectivity index (χ2v) is 7.10.